The molecule has 1 aromatic carbocycles. The number of hydrogen-bond donors (Lipinski definition) is 2. The summed E-state index contributed by atoms with van der Waals surface area (Å²) in [6.45, 7) is 4.92. The molecule has 18 heavy (non-hydrogen) atoms. The van der Waals surface area contributed by atoms with Gasteiger partial charge in [-0.05, 0) is 31.7 Å². The molecule has 0 saturated carbocycles. The number of amides is 1. The molecule has 0 aliphatic rings. The number of carbonyl (C=O) groups is 1. The molecule has 0 aromatic heterocycles. The van der Waals surface area contributed by atoms with Gasteiger partial charge in [-0.15, -0.1) is 0 Å². The third-order valence-electron chi connectivity index (χ3n) is 3.02. The van der Waals surface area contributed by atoms with Crippen LogP contribution in [0.4, 0.5) is 0 Å². The fourth-order valence-electron chi connectivity index (χ4n) is 1.84. The molecular formula is C13H19ClN2O2. The Balaban J connectivity index is 2.92. The van der Waals surface area contributed by atoms with E-state index in [0.717, 1.165) is 5.56 Å². The number of aromatic hydroxyl groups is 1. The van der Waals surface area contributed by atoms with Gasteiger partial charge >= 0.3 is 0 Å². The number of hydrogen-bond acceptors (Lipinski definition) is 3. The van der Waals surface area contributed by atoms with E-state index in [-0.39, 0.29) is 17.7 Å². The van der Waals surface area contributed by atoms with Crippen LogP contribution in [0.1, 0.15) is 25.5 Å². The van der Waals surface area contributed by atoms with E-state index in [1.807, 2.05) is 18.7 Å². The highest BCUT2D eigenvalue weighted by Crippen LogP contribution is 2.30. The van der Waals surface area contributed by atoms with E-state index in [2.05, 4.69) is 5.32 Å². The lowest BCUT2D eigenvalue weighted by Crippen LogP contribution is -2.37. The van der Waals surface area contributed by atoms with Gasteiger partial charge in [0, 0.05) is 23.7 Å². The summed E-state index contributed by atoms with van der Waals surface area (Å²) in [4.78, 5) is 13.4. The molecule has 5 heteroatoms. The van der Waals surface area contributed by atoms with Crippen LogP contribution in [0.25, 0.3) is 0 Å². The highest BCUT2D eigenvalue weighted by atomic mass is 35.5. The maximum Gasteiger partial charge on any atom is 0.233 e. The molecule has 1 amide bonds. The summed E-state index contributed by atoms with van der Waals surface area (Å²) in [5.74, 6) is 0.146. The maximum absolute atomic E-state index is 11.4. The van der Waals surface area contributed by atoms with Gasteiger partial charge in [-0.25, -0.2) is 0 Å². The molecule has 100 valence electrons. The van der Waals surface area contributed by atoms with Gasteiger partial charge < -0.3 is 10.4 Å². The first kappa shape index (κ1) is 14.8. The molecule has 0 radical (unpaired) electrons. The molecule has 0 fully saturated rings. The molecule has 2 N–H and O–H groups in total. The standard InChI is InChI=1S/C13H19ClN2O2/c1-4-16(8-13(18)15-3)9(2)11-7-10(14)5-6-12(11)17/h5-7,9,17H,4,8H2,1-3H3,(H,15,18). The van der Waals surface area contributed by atoms with Crippen LogP contribution in [-0.2, 0) is 4.79 Å². The Labute approximate surface area is 113 Å². The minimum absolute atomic E-state index is 0.0507. The molecule has 0 aliphatic carbocycles. The summed E-state index contributed by atoms with van der Waals surface area (Å²) in [7, 11) is 1.61. The average molecular weight is 271 g/mol. The van der Waals surface area contributed by atoms with Crippen molar-refractivity contribution < 1.29 is 9.90 Å². The molecule has 0 aliphatic heterocycles. The number of phenols is 1. The second-order valence-electron chi connectivity index (χ2n) is 4.12. The fourth-order valence-corrected chi connectivity index (χ4v) is 2.02. The van der Waals surface area contributed by atoms with E-state index in [1.54, 1.807) is 25.2 Å². The van der Waals surface area contributed by atoms with Crippen molar-refractivity contribution in [2.24, 2.45) is 0 Å². The highest BCUT2D eigenvalue weighted by Gasteiger charge is 2.19. The van der Waals surface area contributed by atoms with Crippen molar-refractivity contribution in [1.82, 2.24) is 10.2 Å². The van der Waals surface area contributed by atoms with Crippen molar-refractivity contribution in [2.75, 3.05) is 20.1 Å². The summed E-state index contributed by atoms with van der Waals surface area (Å²) in [5.41, 5.74) is 0.730. The van der Waals surface area contributed by atoms with Crippen LogP contribution < -0.4 is 5.32 Å². The zero-order valence-electron chi connectivity index (χ0n) is 10.9. The molecule has 1 aromatic rings. The molecule has 0 spiro atoms. The van der Waals surface area contributed by atoms with Crippen molar-refractivity contribution in [3.63, 3.8) is 0 Å². The number of rotatable bonds is 5. The Kier molecular flexibility index (Phi) is 5.44. The van der Waals surface area contributed by atoms with Gasteiger partial charge in [0.25, 0.3) is 0 Å². The van der Waals surface area contributed by atoms with E-state index in [9.17, 15) is 9.90 Å². The largest absolute Gasteiger partial charge is 0.508 e. The lowest BCUT2D eigenvalue weighted by molar-refractivity contribution is -0.122. The quantitative estimate of drug-likeness (QED) is 0.862. The predicted molar refractivity (Wildman–Crippen MR) is 72.8 cm³/mol. The van der Waals surface area contributed by atoms with Crippen molar-refractivity contribution >= 4 is 17.5 Å². The fraction of sp³-hybridized carbons (Fsp3) is 0.462. The molecule has 0 heterocycles. The lowest BCUT2D eigenvalue weighted by Gasteiger charge is -2.27. The van der Waals surface area contributed by atoms with Crippen LogP contribution in [0.2, 0.25) is 5.02 Å². The van der Waals surface area contributed by atoms with E-state index >= 15 is 0 Å². The Morgan fingerprint density at radius 3 is 2.78 bits per heavy atom. The van der Waals surface area contributed by atoms with E-state index in [1.165, 1.54) is 0 Å². The molecule has 0 saturated heterocycles. The molecule has 1 unspecified atom stereocenters. The van der Waals surface area contributed by atoms with Crippen LogP contribution in [0.3, 0.4) is 0 Å². The SMILES string of the molecule is CCN(CC(=O)NC)C(C)c1cc(Cl)ccc1O. The first-order valence-corrected chi connectivity index (χ1v) is 6.30. The Morgan fingerprint density at radius 2 is 2.22 bits per heavy atom. The van der Waals surface area contributed by atoms with Crippen LogP contribution in [0.5, 0.6) is 5.75 Å². The van der Waals surface area contributed by atoms with Crippen molar-refractivity contribution in [1.29, 1.82) is 0 Å². The topological polar surface area (TPSA) is 52.6 Å². The Hall–Kier alpha value is -1.26. The summed E-state index contributed by atoms with van der Waals surface area (Å²) < 4.78 is 0. The Bertz CT molecular complexity index is 423. The molecule has 1 rings (SSSR count). The van der Waals surface area contributed by atoms with Gasteiger partial charge in [0.1, 0.15) is 5.75 Å². The molecule has 1 atom stereocenters. The summed E-state index contributed by atoms with van der Waals surface area (Å²) >= 11 is 5.93. The van der Waals surface area contributed by atoms with E-state index in [0.29, 0.717) is 18.1 Å². The average Bonchev–Trinajstić information content (AvgIpc) is 2.37. The second kappa shape index (κ2) is 6.61. The van der Waals surface area contributed by atoms with Gasteiger partial charge in [0.05, 0.1) is 6.54 Å². The van der Waals surface area contributed by atoms with Crippen LogP contribution >= 0.6 is 11.6 Å². The lowest BCUT2D eigenvalue weighted by atomic mass is 10.1. The van der Waals surface area contributed by atoms with E-state index < -0.39 is 0 Å². The number of nitrogens with one attached hydrogen (secondary N) is 1. The van der Waals surface area contributed by atoms with E-state index in [4.69, 9.17) is 11.6 Å². The minimum atomic E-state index is -0.0778. The van der Waals surface area contributed by atoms with Crippen molar-refractivity contribution in [3.8, 4) is 5.75 Å². The normalized spacial score (nSPS) is 12.5. The number of phenolic OH excluding ortho intramolecular Hbond substituents is 1. The molecule has 4 nitrogen and oxygen atoms in total. The highest BCUT2D eigenvalue weighted by molar-refractivity contribution is 6.30. The second-order valence-corrected chi connectivity index (χ2v) is 4.55. The summed E-state index contributed by atoms with van der Waals surface area (Å²) in [6, 6.07) is 4.86. The number of benzene rings is 1. The third-order valence-corrected chi connectivity index (χ3v) is 3.25. The summed E-state index contributed by atoms with van der Waals surface area (Å²) in [5, 5.41) is 13.0. The third kappa shape index (κ3) is 3.62. The van der Waals surface area contributed by atoms with Crippen LogP contribution in [0.15, 0.2) is 18.2 Å². The predicted octanol–water partition coefficient (Wildman–Crippen LogP) is 2.17. The number of carbonyl (C=O) groups excluding carboxylic acids is 1. The van der Waals surface area contributed by atoms with Crippen molar-refractivity contribution in [2.45, 2.75) is 19.9 Å². The zero-order valence-corrected chi connectivity index (χ0v) is 11.7. The Morgan fingerprint density at radius 1 is 1.56 bits per heavy atom. The smallest absolute Gasteiger partial charge is 0.233 e. The summed E-state index contributed by atoms with van der Waals surface area (Å²) in [6.07, 6.45) is 0. The molecular weight excluding hydrogens is 252 g/mol. The number of nitrogens with zero attached hydrogens (tertiary/aromatic N) is 1. The number of halogens is 1. The first-order chi connectivity index (χ1) is 8.49. The van der Waals surface area contributed by atoms with Crippen LogP contribution in [0, 0.1) is 0 Å². The zero-order chi connectivity index (χ0) is 13.7. The van der Waals surface area contributed by atoms with Gasteiger partial charge in [-0.2, -0.15) is 0 Å². The number of likely N-dealkylation sites (N-methyl/N-ethyl adjacent to an activating group) is 2. The van der Waals surface area contributed by atoms with Crippen molar-refractivity contribution in [3.05, 3.63) is 28.8 Å². The first-order valence-electron chi connectivity index (χ1n) is 5.92. The van der Waals surface area contributed by atoms with Crippen LogP contribution in [-0.4, -0.2) is 36.1 Å². The minimum Gasteiger partial charge on any atom is -0.508 e. The van der Waals surface area contributed by atoms with Gasteiger partial charge in [0.2, 0.25) is 5.91 Å². The van der Waals surface area contributed by atoms with Gasteiger partial charge in [0.15, 0.2) is 0 Å². The van der Waals surface area contributed by atoms with Gasteiger partial charge in [-0.3, -0.25) is 9.69 Å². The maximum atomic E-state index is 11.4. The van der Waals surface area contributed by atoms with Gasteiger partial charge in [-0.1, -0.05) is 18.5 Å². The molecule has 0 bridgehead atoms. The monoisotopic (exact) mass is 270 g/mol.